The molecule has 0 amide bonds. The molecule has 3 heteroatoms. The van der Waals surface area contributed by atoms with E-state index in [4.69, 9.17) is 5.26 Å². The van der Waals surface area contributed by atoms with E-state index in [1.165, 1.54) is 6.34 Å². The number of rotatable bonds is 2. The van der Waals surface area contributed by atoms with Gasteiger partial charge in [0.2, 0.25) is 0 Å². The Kier molecular flexibility index (Phi) is 4.02. The number of aliphatic imine (C=N–C) groups is 2. The normalized spacial score (nSPS) is 8.43. The van der Waals surface area contributed by atoms with Crippen LogP contribution in [0.3, 0.4) is 0 Å². The van der Waals surface area contributed by atoms with Crippen molar-refractivity contribution < 1.29 is 0 Å². The zero-order valence-corrected chi connectivity index (χ0v) is 3.83. The van der Waals surface area contributed by atoms with E-state index in [9.17, 15) is 0 Å². The lowest BCUT2D eigenvalue weighted by Gasteiger charge is -1.68. The summed E-state index contributed by atoms with van der Waals surface area (Å²) in [5.74, 6) is 0. The van der Waals surface area contributed by atoms with Crippen molar-refractivity contribution in [3.63, 3.8) is 0 Å². The van der Waals surface area contributed by atoms with E-state index in [0.29, 0.717) is 0 Å². The molecule has 0 saturated carbocycles. The van der Waals surface area contributed by atoms with Crippen molar-refractivity contribution >= 4 is 13.1 Å². The maximum Gasteiger partial charge on any atom is 0.127 e. The lowest BCUT2D eigenvalue weighted by atomic mass is 10.8. The van der Waals surface area contributed by atoms with E-state index >= 15 is 0 Å². The Hall–Kier alpha value is -1.17. The first-order valence-corrected chi connectivity index (χ1v) is 1.73. The molecule has 0 aliphatic rings. The molecule has 7 heavy (non-hydrogen) atoms. The maximum absolute atomic E-state index is 7.87. The fourth-order valence-corrected chi connectivity index (χ4v) is 0.139. The third kappa shape index (κ3) is 4.83. The predicted octanol–water partition coefficient (Wildman–Crippen LogP) is 0.239. The number of hydrogen-bond acceptors (Lipinski definition) is 2. The molecular weight excluding hydrogens is 90.1 g/mol. The summed E-state index contributed by atoms with van der Waals surface area (Å²) in [6.45, 7) is 3.29. The Labute approximate surface area is 42.0 Å². The second-order valence-corrected chi connectivity index (χ2v) is 0.797. The van der Waals surface area contributed by atoms with Crippen LogP contribution < -0.4 is 0 Å². The molecule has 0 atom stereocenters. The summed E-state index contributed by atoms with van der Waals surface area (Å²) in [6.07, 6.45) is 1.25. The molecule has 0 rings (SSSR count). The molecule has 0 aromatic rings. The zero-order valence-electron chi connectivity index (χ0n) is 3.83. The third-order valence-corrected chi connectivity index (χ3v) is 0.325. The molecule has 3 nitrogen and oxygen atoms in total. The van der Waals surface area contributed by atoms with Crippen molar-refractivity contribution in [2.24, 2.45) is 9.98 Å². The zero-order chi connectivity index (χ0) is 5.54. The number of nitriles is 1. The molecule has 0 aliphatic heterocycles. The van der Waals surface area contributed by atoms with Gasteiger partial charge in [-0.25, -0.2) is 0 Å². The number of nitrogens with zero attached hydrogens (tertiary/aromatic N) is 3. The van der Waals surface area contributed by atoms with Crippen LogP contribution in [-0.4, -0.2) is 19.6 Å². The molecule has 0 N–H and O–H groups in total. The average Bonchev–Trinajstić information content (AvgIpc) is 1.69. The van der Waals surface area contributed by atoms with Crippen LogP contribution in [0, 0.1) is 11.3 Å². The van der Waals surface area contributed by atoms with Gasteiger partial charge in [0.1, 0.15) is 12.9 Å². The predicted molar refractivity (Wildman–Crippen MR) is 28.5 cm³/mol. The molecule has 0 saturated heterocycles. The molecule has 0 heterocycles. The molecule has 0 aliphatic carbocycles. The summed E-state index contributed by atoms with van der Waals surface area (Å²) in [4.78, 5) is 6.77. The standard InChI is InChI=1S/C4H5N3/c1-6-4-7-3-2-5/h4H,1,3H2. The van der Waals surface area contributed by atoms with Gasteiger partial charge in [-0.1, -0.05) is 0 Å². The monoisotopic (exact) mass is 95.0 g/mol. The summed E-state index contributed by atoms with van der Waals surface area (Å²) in [7, 11) is 0. The quantitative estimate of drug-likeness (QED) is 0.275. The Morgan fingerprint density at radius 2 is 2.57 bits per heavy atom. The lowest BCUT2D eigenvalue weighted by Crippen LogP contribution is -1.69. The van der Waals surface area contributed by atoms with Crippen molar-refractivity contribution in [3.05, 3.63) is 0 Å². The molecule has 0 bridgehead atoms. The summed E-state index contributed by atoms with van der Waals surface area (Å²) in [5.41, 5.74) is 0. The maximum atomic E-state index is 7.87. The van der Waals surface area contributed by atoms with Gasteiger partial charge in [0.15, 0.2) is 0 Å². The first kappa shape index (κ1) is 5.83. The Morgan fingerprint density at radius 3 is 3.00 bits per heavy atom. The van der Waals surface area contributed by atoms with Crippen LogP contribution in [0.5, 0.6) is 0 Å². The minimum atomic E-state index is 0.166. The van der Waals surface area contributed by atoms with Gasteiger partial charge in [0, 0.05) is 0 Å². The van der Waals surface area contributed by atoms with Crippen LogP contribution in [0.1, 0.15) is 0 Å². The molecule has 0 aromatic heterocycles. The van der Waals surface area contributed by atoms with E-state index in [0.717, 1.165) is 0 Å². The van der Waals surface area contributed by atoms with E-state index in [1.54, 1.807) is 0 Å². The summed E-state index contributed by atoms with van der Waals surface area (Å²) >= 11 is 0. The van der Waals surface area contributed by atoms with Crippen LogP contribution in [0.2, 0.25) is 0 Å². The SMILES string of the molecule is C=NC=NCC#N. The largest absolute Gasteiger partial charge is 0.258 e. The summed E-state index contributed by atoms with van der Waals surface area (Å²) < 4.78 is 0. The molecule has 0 spiro atoms. The minimum Gasteiger partial charge on any atom is -0.258 e. The highest BCUT2D eigenvalue weighted by Gasteiger charge is 1.63. The summed E-state index contributed by atoms with van der Waals surface area (Å²) in [6, 6.07) is 1.82. The van der Waals surface area contributed by atoms with Gasteiger partial charge < -0.3 is 0 Å². The molecule has 0 unspecified atom stereocenters. The van der Waals surface area contributed by atoms with Gasteiger partial charge in [-0.05, 0) is 6.72 Å². The highest BCUT2D eigenvalue weighted by Crippen LogP contribution is 1.60. The van der Waals surface area contributed by atoms with Gasteiger partial charge in [0.05, 0.1) is 6.07 Å². The van der Waals surface area contributed by atoms with Gasteiger partial charge in [0.25, 0.3) is 0 Å². The Morgan fingerprint density at radius 1 is 1.86 bits per heavy atom. The third-order valence-electron chi connectivity index (χ3n) is 0.325. The molecule has 0 fully saturated rings. The molecule has 0 radical (unpaired) electrons. The first-order chi connectivity index (χ1) is 3.41. The highest BCUT2D eigenvalue weighted by molar-refractivity contribution is 5.61. The Balaban J connectivity index is 3.13. The van der Waals surface area contributed by atoms with E-state index < -0.39 is 0 Å². The van der Waals surface area contributed by atoms with Crippen molar-refractivity contribution in [2.75, 3.05) is 6.54 Å². The van der Waals surface area contributed by atoms with Crippen LogP contribution in [0.15, 0.2) is 9.98 Å². The van der Waals surface area contributed by atoms with E-state index in [-0.39, 0.29) is 6.54 Å². The van der Waals surface area contributed by atoms with E-state index in [1.807, 2.05) is 6.07 Å². The van der Waals surface area contributed by atoms with Crippen LogP contribution in [-0.2, 0) is 0 Å². The van der Waals surface area contributed by atoms with Crippen LogP contribution in [0.25, 0.3) is 0 Å². The second-order valence-electron chi connectivity index (χ2n) is 0.797. The molecular formula is C4H5N3. The topological polar surface area (TPSA) is 48.5 Å². The molecule has 36 valence electrons. The average molecular weight is 95.1 g/mol. The van der Waals surface area contributed by atoms with Crippen molar-refractivity contribution in [3.8, 4) is 6.07 Å². The van der Waals surface area contributed by atoms with Crippen LogP contribution >= 0.6 is 0 Å². The van der Waals surface area contributed by atoms with Gasteiger partial charge in [-0.15, -0.1) is 0 Å². The van der Waals surface area contributed by atoms with E-state index in [2.05, 4.69) is 16.7 Å². The van der Waals surface area contributed by atoms with Crippen molar-refractivity contribution in [1.29, 1.82) is 5.26 Å². The fraction of sp³-hybridized carbons (Fsp3) is 0.250. The lowest BCUT2D eigenvalue weighted by molar-refractivity contribution is 1.25. The van der Waals surface area contributed by atoms with Crippen molar-refractivity contribution in [2.45, 2.75) is 0 Å². The second kappa shape index (κ2) is 4.83. The van der Waals surface area contributed by atoms with Crippen LogP contribution in [0.4, 0.5) is 0 Å². The smallest absolute Gasteiger partial charge is 0.127 e. The first-order valence-electron chi connectivity index (χ1n) is 1.73. The van der Waals surface area contributed by atoms with Gasteiger partial charge in [-0.2, -0.15) is 5.26 Å². The Bertz CT molecular complexity index is 109. The van der Waals surface area contributed by atoms with Crippen molar-refractivity contribution in [1.82, 2.24) is 0 Å². The fourth-order valence-electron chi connectivity index (χ4n) is 0.139. The van der Waals surface area contributed by atoms with Gasteiger partial charge in [-0.3, -0.25) is 9.98 Å². The minimum absolute atomic E-state index is 0.166. The summed E-state index contributed by atoms with van der Waals surface area (Å²) in [5, 5.41) is 7.87. The molecule has 0 aromatic carbocycles. The number of hydrogen-bond donors (Lipinski definition) is 0. The van der Waals surface area contributed by atoms with Gasteiger partial charge >= 0.3 is 0 Å². The highest BCUT2D eigenvalue weighted by atomic mass is 14.8.